The summed E-state index contributed by atoms with van der Waals surface area (Å²) in [6.45, 7) is 0.120. The van der Waals surface area contributed by atoms with Crippen LogP contribution in [0.2, 0.25) is 0 Å². The van der Waals surface area contributed by atoms with Crippen molar-refractivity contribution in [3.8, 4) is 5.75 Å². The quantitative estimate of drug-likeness (QED) is 0.637. The van der Waals surface area contributed by atoms with Crippen LogP contribution in [0.15, 0.2) is 18.2 Å². The van der Waals surface area contributed by atoms with Gasteiger partial charge in [0.25, 0.3) is 0 Å². The molecule has 0 atom stereocenters. The monoisotopic (exact) mass is 336 g/mol. The standard InChI is InChI=1S/C11H13IO4/c1-15-10-3-2-9(12)6-8(10)4-5-16-7-11(13)14/h2-3,6H,4-5,7H2,1H3,(H,13,14). The van der Waals surface area contributed by atoms with Gasteiger partial charge in [0.15, 0.2) is 0 Å². The van der Waals surface area contributed by atoms with E-state index in [1.807, 2.05) is 18.2 Å². The summed E-state index contributed by atoms with van der Waals surface area (Å²) in [4.78, 5) is 10.2. The van der Waals surface area contributed by atoms with E-state index in [-0.39, 0.29) is 6.61 Å². The number of carboxylic acid groups (broad SMARTS) is 1. The second kappa shape index (κ2) is 6.70. The van der Waals surface area contributed by atoms with Crippen LogP contribution in [-0.2, 0) is 16.0 Å². The van der Waals surface area contributed by atoms with Crippen molar-refractivity contribution in [1.82, 2.24) is 0 Å². The maximum absolute atomic E-state index is 10.2. The van der Waals surface area contributed by atoms with Gasteiger partial charge in [-0.2, -0.15) is 0 Å². The molecule has 0 spiro atoms. The first kappa shape index (κ1) is 13.2. The molecule has 0 amide bonds. The van der Waals surface area contributed by atoms with E-state index in [4.69, 9.17) is 14.6 Å². The predicted molar refractivity (Wildman–Crippen MR) is 67.9 cm³/mol. The molecule has 0 aliphatic rings. The summed E-state index contributed by atoms with van der Waals surface area (Å²) in [6.07, 6.45) is 0.646. The van der Waals surface area contributed by atoms with Gasteiger partial charge in [-0.15, -0.1) is 0 Å². The molecule has 0 bridgehead atoms. The van der Waals surface area contributed by atoms with Crippen molar-refractivity contribution < 1.29 is 19.4 Å². The zero-order chi connectivity index (χ0) is 12.0. The predicted octanol–water partition coefficient (Wildman–Crippen LogP) is 1.94. The smallest absolute Gasteiger partial charge is 0.329 e. The number of benzene rings is 1. The Bertz CT molecular complexity index is 365. The molecule has 4 nitrogen and oxygen atoms in total. The molecule has 1 N–H and O–H groups in total. The minimum atomic E-state index is -0.949. The lowest BCUT2D eigenvalue weighted by Gasteiger charge is -2.08. The molecule has 5 heteroatoms. The Morgan fingerprint density at radius 3 is 2.88 bits per heavy atom. The van der Waals surface area contributed by atoms with Crippen molar-refractivity contribution in [2.24, 2.45) is 0 Å². The Morgan fingerprint density at radius 1 is 1.50 bits per heavy atom. The van der Waals surface area contributed by atoms with Gasteiger partial charge >= 0.3 is 5.97 Å². The molecule has 0 aliphatic carbocycles. The van der Waals surface area contributed by atoms with Crippen LogP contribution in [0.1, 0.15) is 5.56 Å². The van der Waals surface area contributed by atoms with Gasteiger partial charge in [-0.05, 0) is 52.8 Å². The summed E-state index contributed by atoms with van der Waals surface area (Å²) in [5, 5.41) is 8.40. The van der Waals surface area contributed by atoms with Gasteiger partial charge in [-0.3, -0.25) is 0 Å². The van der Waals surface area contributed by atoms with Crippen molar-refractivity contribution in [1.29, 1.82) is 0 Å². The molecule has 1 aromatic carbocycles. The number of halogens is 1. The van der Waals surface area contributed by atoms with Crippen LogP contribution in [0.5, 0.6) is 5.75 Å². The minimum absolute atomic E-state index is 0.258. The molecule has 1 rings (SSSR count). The van der Waals surface area contributed by atoms with Crippen LogP contribution in [0.25, 0.3) is 0 Å². The summed E-state index contributed by atoms with van der Waals surface area (Å²) in [5.74, 6) is -0.144. The number of ether oxygens (including phenoxy) is 2. The SMILES string of the molecule is COc1ccc(I)cc1CCOCC(=O)O. The normalized spacial score (nSPS) is 10.1. The minimum Gasteiger partial charge on any atom is -0.496 e. The number of aliphatic carboxylic acids is 1. The summed E-state index contributed by atoms with van der Waals surface area (Å²) in [6, 6.07) is 5.86. The number of rotatable bonds is 6. The highest BCUT2D eigenvalue weighted by molar-refractivity contribution is 14.1. The van der Waals surface area contributed by atoms with Gasteiger partial charge in [0.05, 0.1) is 13.7 Å². The molecule has 88 valence electrons. The highest BCUT2D eigenvalue weighted by Gasteiger charge is 2.04. The van der Waals surface area contributed by atoms with Crippen LogP contribution in [0.4, 0.5) is 0 Å². The van der Waals surface area contributed by atoms with Crippen molar-refractivity contribution in [3.63, 3.8) is 0 Å². The molecule has 0 fully saturated rings. The van der Waals surface area contributed by atoms with E-state index < -0.39 is 5.97 Å². The Hall–Kier alpha value is -0.820. The third-order valence-corrected chi connectivity index (χ3v) is 2.65. The van der Waals surface area contributed by atoms with Gasteiger partial charge in [0.1, 0.15) is 12.4 Å². The highest BCUT2D eigenvalue weighted by atomic mass is 127. The number of hydrogen-bond acceptors (Lipinski definition) is 3. The number of methoxy groups -OCH3 is 1. The van der Waals surface area contributed by atoms with E-state index in [0.717, 1.165) is 14.9 Å². The Labute approximate surface area is 108 Å². The van der Waals surface area contributed by atoms with Gasteiger partial charge in [-0.25, -0.2) is 4.79 Å². The summed E-state index contributed by atoms with van der Waals surface area (Å²) in [5.41, 5.74) is 1.03. The fraction of sp³-hybridized carbons (Fsp3) is 0.364. The molecule has 0 unspecified atom stereocenters. The zero-order valence-electron chi connectivity index (χ0n) is 8.90. The first-order chi connectivity index (χ1) is 7.63. The van der Waals surface area contributed by atoms with E-state index >= 15 is 0 Å². The second-order valence-electron chi connectivity index (χ2n) is 3.15. The highest BCUT2D eigenvalue weighted by Crippen LogP contribution is 2.21. The maximum Gasteiger partial charge on any atom is 0.329 e. The molecule has 0 aliphatic heterocycles. The van der Waals surface area contributed by atoms with Gasteiger partial charge in [0, 0.05) is 3.57 Å². The van der Waals surface area contributed by atoms with Gasteiger partial charge in [0.2, 0.25) is 0 Å². The molecule has 0 saturated heterocycles. The molecule has 0 radical (unpaired) electrons. The van der Waals surface area contributed by atoms with E-state index in [1.165, 1.54) is 0 Å². The largest absolute Gasteiger partial charge is 0.496 e. The van der Waals surface area contributed by atoms with Crippen LogP contribution >= 0.6 is 22.6 Å². The third kappa shape index (κ3) is 4.36. The van der Waals surface area contributed by atoms with Crippen LogP contribution < -0.4 is 4.74 Å². The van der Waals surface area contributed by atoms with E-state index in [2.05, 4.69) is 22.6 Å². The van der Waals surface area contributed by atoms with Crippen molar-refractivity contribution in [2.45, 2.75) is 6.42 Å². The summed E-state index contributed by atoms with van der Waals surface area (Å²) >= 11 is 2.22. The van der Waals surface area contributed by atoms with E-state index in [1.54, 1.807) is 7.11 Å². The van der Waals surface area contributed by atoms with E-state index in [0.29, 0.717) is 13.0 Å². The fourth-order valence-corrected chi connectivity index (χ4v) is 1.84. The second-order valence-corrected chi connectivity index (χ2v) is 4.40. The molecule has 0 saturated carbocycles. The molecular formula is C11H13IO4. The fourth-order valence-electron chi connectivity index (χ4n) is 1.28. The topological polar surface area (TPSA) is 55.8 Å². The lowest BCUT2D eigenvalue weighted by Crippen LogP contribution is -2.09. The van der Waals surface area contributed by atoms with E-state index in [9.17, 15) is 4.79 Å². The lowest BCUT2D eigenvalue weighted by atomic mass is 10.1. The number of carboxylic acids is 1. The van der Waals surface area contributed by atoms with Crippen molar-refractivity contribution in [3.05, 3.63) is 27.3 Å². The molecule has 1 aromatic rings. The van der Waals surface area contributed by atoms with Crippen LogP contribution in [-0.4, -0.2) is 31.4 Å². The molecular weight excluding hydrogens is 323 g/mol. The first-order valence-electron chi connectivity index (χ1n) is 4.75. The third-order valence-electron chi connectivity index (χ3n) is 1.98. The molecule has 0 heterocycles. The van der Waals surface area contributed by atoms with Crippen molar-refractivity contribution >= 4 is 28.6 Å². The number of carbonyl (C=O) groups is 1. The summed E-state index contributed by atoms with van der Waals surface area (Å²) < 4.78 is 11.3. The Morgan fingerprint density at radius 2 is 2.25 bits per heavy atom. The Balaban J connectivity index is 2.51. The van der Waals surface area contributed by atoms with Crippen molar-refractivity contribution in [2.75, 3.05) is 20.3 Å². The average molecular weight is 336 g/mol. The Kier molecular flexibility index (Phi) is 5.54. The first-order valence-corrected chi connectivity index (χ1v) is 5.83. The average Bonchev–Trinajstić information content (AvgIpc) is 2.24. The number of hydrogen-bond donors (Lipinski definition) is 1. The molecule has 0 aromatic heterocycles. The zero-order valence-corrected chi connectivity index (χ0v) is 11.1. The van der Waals surface area contributed by atoms with Crippen LogP contribution in [0, 0.1) is 3.57 Å². The van der Waals surface area contributed by atoms with Crippen LogP contribution in [0.3, 0.4) is 0 Å². The van der Waals surface area contributed by atoms with Gasteiger partial charge in [-0.1, -0.05) is 0 Å². The lowest BCUT2D eigenvalue weighted by molar-refractivity contribution is -0.142. The van der Waals surface area contributed by atoms with Gasteiger partial charge < -0.3 is 14.6 Å². The molecule has 16 heavy (non-hydrogen) atoms. The maximum atomic E-state index is 10.2. The summed E-state index contributed by atoms with van der Waals surface area (Å²) in [7, 11) is 1.61.